The van der Waals surface area contributed by atoms with Crippen molar-refractivity contribution in [3.05, 3.63) is 77.4 Å². The Morgan fingerprint density at radius 2 is 2.00 bits per heavy atom. The average molecular weight is 400 g/mol. The van der Waals surface area contributed by atoms with E-state index in [1.165, 1.54) is 0 Å². The number of nitrogens with two attached hydrogens (primary N) is 1. The lowest BCUT2D eigenvalue weighted by atomic mass is 10.1. The Morgan fingerprint density at radius 3 is 2.83 bits per heavy atom. The molecule has 0 saturated heterocycles. The third-order valence-corrected chi connectivity index (χ3v) is 5.16. The van der Waals surface area contributed by atoms with Gasteiger partial charge < -0.3 is 15.8 Å². The number of fused-ring (bicyclic) bond motifs is 2. The number of primary amides is 1. The number of imidazole rings is 1. The SMILES string of the molecule is NC(=O)c1cccc2c(-c3nc4c(c(NCc5ccccc5)n3)COCC4)ncn12. The molecule has 0 atom stereocenters. The van der Waals surface area contributed by atoms with Crippen molar-refractivity contribution in [3.8, 4) is 11.5 Å². The summed E-state index contributed by atoms with van der Waals surface area (Å²) in [7, 11) is 0. The second-order valence-electron chi connectivity index (χ2n) is 7.09. The number of carbonyl (C=O) groups is 1. The molecule has 3 aromatic heterocycles. The fourth-order valence-corrected chi connectivity index (χ4v) is 3.66. The second kappa shape index (κ2) is 7.57. The van der Waals surface area contributed by atoms with E-state index < -0.39 is 5.91 Å². The highest BCUT2D eigenvalue weighted by Gasteiger charge is 2.21. The van der Waals surface area contributed by atoms with Crippen molar-refractivity contribution in [2.24, 2.45) is 5.73 Å². The molecule has 0 saturated carbocycles. The number of nitrogens with zero attached hydrogens (tertiary/aromatic N) is 4. The third-order valence-electron chi connectivity index (χ3n) is 5.16. The van der Waals surface area contributed by atoms with Gasteiger partial charge in [-0.05, 0) is 17.7 Å². The van der Waals surface area contributed by atoms with Gasteiger partial charge in [-0.3, -0.25) is 9.20 Å². The number of rotatable bonds is 5. The van der Waals surface area contributed by atoms with E-state index in [0.29, 0.717) is 43.4 Å². The van der Waals surface area contributed by atoms with Crippen molar-refractivity contribution < 1.29 is 9.53 Å². The number of pyridine rings is 1. The molecule has 5 rings (SSSR count). The van der Waals surface area contributed by atoms with Gasteiger partial charge in [0.15, 0.2) is 5.82 Å². The van der Waals surface area contributed by atoms with Crippen LogP contribution < -0.4 is 11.1 Å². The van der Waals surface area contributed by atoms with Crippen LogP contribution >= 0.6 is 0 Å². The molecule has 1 amide bonds. The van der Waals surface area contributed by atoms with Gasteiger partial charge in [-0.25, -0.2) is 15.0 Å². The molecule has 0 fully saturated rings. The summed E-state index contributed by atoms with van der Waals surface area (Å²) in [5, 5.41) is 3.43. The largest absolute Gasteiger partial charge is 0.376 e. The maximum atomic E-state index is 11.7. The highest BCUT2D eigenvalue weighted by molar-refractivity contribution is 5.92. The zero-order valence-corrected chi connectivity index (χ0v) is 16.2. The van der Waals surface area contributed by atoms with Crippen molar-refractivity contribution in [1.29, 1.82) is 0 Å². The Morgan fingerprint density at radius 1 is 1.13 bits per heavy atom. The van der Waals surface area contributed by atoms with E-state index in [-0.39, 0.29) is 0 Å². The third kappa shape index (κ3) is 3.27. The van der Waals surface area contributed by atoms with E-state index >= 15 is 0 Å². The summed E-state index contributed by atoms with van der Waals surface area (Å²) in [4.78, 5) is 25.8. The van der Waals surface area contributed by atoms with E-state index in [1.54, 1.807) is 22.9 Å². The van der Waals surface area contributed by atoms with Crippen molar-refractivity contribution in [2.75, 3.05) is 11.9 Å². The van der Waals surface area contributed by atoms with Crippen molar-refractivity contribution in [1.82, 2.24) is 19.4 Å². The lowest BCUT2D eigenvalue weighted by Crippen LogP contribution is -2.17. The van der Waals surface area contributed by atoms with Gasteiger partial charge in [0.2, 0.25) is 0 Å². The number of amides is 1. The highest BCUT2D eigenvalue weighted by Crippen LogP contribution is 2.28. The molecule has 0 radical (unpaired) electrons. The molecular weight excluding hydrogens is 380 g/mol. The first-order chi connectivity index (χ1) is 14.7. The van der Waals surface area contributed by atoms with Crippen LogP contribution in [0.5, 0.6) is 0 Å². The number of nitrogens with one attached hydrogen (secondary N) is 1. The standard InChI is InChI=1S/C22H20N6O2/c23-20(29)18-8-4-7-17-19(25-13-28(17)18)22-26-16-9-10-30-12-15(16)21(27-22)24-11-14-5-2-1-3-6-14/h1-8,13H,9-12H2,(H2,23,29)(H,24,26,27). The number of hydrogen-bond acceptors (Lipinski definition) is 6. The molecule has 0 bridgehead atoms. The van der Waals surface area contributed by atoms with Crippen molar-refractivity contribution in [2.45, 2.75) is 19.6 Å². The zero-order chi connectivity index (χ0) is 20.5. The fourth-order valence-electron chi connectivity index (χ4n) is 3.66. The first-order valence-electron chi connectivity index (χ1n) is 9.72. The summed E-state index contributed by atoms with van der Waals surface area (Å²) in [6.45, 7) is 1.74. The number of anilines is 1. The minimum absolute atomic E-state index is 0.361. The maximum absolute atomic E-state index is 11.7. The molecule has 1 aromatic carbocycles. The number of aromatic nitrogens is 4. The normalized spacial score (nSPS) is 13.2. The van der Waals surface area contributed by atoms with Gasteiger partial charge in [0, 0.05) is 18.5 Å². The molecule has 150 valence electrons. The van der Waals surface area contributed by atoms with Crippen LogP contribution in [-0.4, -0.2) is 31.9 Å². The lowest BCUT2D eigenvalue weighted by Gasteiger charge is -2.20. The summed E-state index contributed by atoms with van der Waals surface area (Å²) in [6.07, 6.45) is 2.29. The quantitative estimate of drug-likeness (QED) is 0.533. The second-order valence-corrected chi connectivity index (χ2v) is 7.09. The van der Waals surface area contributed by atoms with Crippen LogP contribution in [0.15, 0.2) is 54.9 Å². The summed E-state index contributed by atoms with van der Waals surface area (Å²) in [6, 6.07) is 15.5. The zero-order valence-electron chi connectivity index (χ0n) is 16.2. The number of benzene rings is 1. The van der Waals surface area contributed by atoms with E-state index in [9.17, 15) is 4.79 Å². The number of ether oxygens (including phenoxy) is 1. The van der Waals surface area contributed by atoms with Crippen LogP contribution in [0.2, 0.25) is 0 Å². The number of carbonyl (C=O) groups excluding carboxylic acids is 1. The smallest absolute Gasteiger partial charge is 0.265 e. The molecule has 4 aromatic rings. The van der Waals surface area contributed by atoms with Crippen LogP contribution in [0, 0.1) is 0 Å². The van der Waals surface area contributed by atoms with Crippen LogP contribution in [0.1, 0.15) is 27.3 Å². The Hall–Kier alpha value is -3.78. The van der Waals surface area contributed by atoms with Gasteiger partial charge in [-0.2, -0.15) is 0 Å². The molecule has 1 aliphatic heterocycles. The topological polar surface area (TPSA) is 107 Å². The summed E-state index contributed by atoms with van der Waals surface area (Å²) >= 11 is 0. The number of hydrogen-bond donors (Lipinski definition) is 2. The van der Waals surface area contributed by atoms with Crippen LogP contribution in [0.25, 0.3) is 17.0 Å². The van der Waals surface area contributed by atoms with Crippen molar-refractivity contribution >= 4 is 17.2 Å². The highest BCUT2D eigenvalue weighted by atomic mass is 16.5. The van der Waals surface area contributed by atoms with Crippen LogP contribution in [-0.2, 0) is 24.3 Å². The van der Waals surface area contributed by atoms with E-state index in [0.717, 1.165) is 28.2 Å². The fraction of sp³-hybridized carbons (Fsp3) is 0.182. The molecule has 4 heterocycles. The van der Waals surface area contributed by atoms with E-state index in [2.05, 4.69) is 22.4 Å². The van der Waals surface area contributed by atoms with Gasteiger partial charge in [0.1, 0.15) is 23.5 Å². The Kier molecular flexibility index (Phi) is 4.61. The molecule has 0 aliphatic carbocycles. The first-order valence-corrected chi connectivity index (χ1v) is 9.72. The first kappa shape index (κ1) is 18.3. The van der Waals surface area contributed by atoms with Gasteiger partial charge in [-0.15, -0.1) is 0 Å². The van der Waals surface area contributed by atoms with E-state index in [1.807, 2.05) is 24.3 Å². The minimum atomic E-state index is -0.515. The van der Waals surface area contributed by atoms with Gasteiger partial charge in [0.25, 0.3) is 5.91 Å². The molecule has 30 heavy (non-hydrogen) atoms. The molecule has 3 N–H and O–H groups in total. The Balaban J connectivity index is 1.58. The van der Waals surface area contributed by atoms with E-state index in [4.69, 9.17) is 20.4 Å². The molecule has 1 aliphatic rings. The van der Waals surface area contributed by atoms with Gasteiger partial charge in [0.05, 0.1) is 24.4 Å². The Labute approximate surface area is 172 Å². The molecule has 8 heteroatoms. The lowest BCUT2D eigenvalue weighted by molar-refractivity contribution is 0.0994. The molecule has 0 spiro atoms. The monoisotopic (exact) mass is 400 g/mol. The molecule has 0 unspecified atom stereocenters. The van der Waals surface area contributed by atoms with Crippen LogP contribution in [0.4, 0.5) is 5.82 Å². The predicted molar refractivity (Wildman–Crippen MR) is 112 cm³/mol. The van der Waals surface area contributed by atoms with Gasteiger partial charge in [-0.1, -0.05) is 36.4 Å². The Bertz CT molecular complexity index is 1240. The average Bonchev–Trinajstić information content (AvgIpc) is 3.22. The summed E-state index contributed by atoms with van der Waals surface area (Å²) in [5.74, 6) is 0.736. The maximum Gasteiger partial charge on any atom is 0.265 e. The van der Waals surface area contributed by atoms with Crippen molar-refractivity contribution in [3.63, 3.8) is 0 Å². The molecule has 8 nitrogen and oxygen atoms in total. The van der Waals surface area contributed by atoms with Crippen LogP contribution in [0.3, 0.4) is 0 Å². The minimum Gasteiger partial charge on any atom is -0.376 e. The summed E-state index contributed by atoms with van der Waals surface area (Å²) in [5.41, 5.74) is 10.3. The summed E-state index contributed by atoms with van der Waals surface area (Å²) < 4.78 is 7.31. The van der Waals surface area contributed by atoms with Gasteiger partial charge >= 0.3 is 0 Å². The molecular formula is C22H20N6O2. The predicted octanol–water partition coefficient (Wildman–Crippen LogP) is 2.58.